The zero-order valence-electron chi connectivity index (χ0n) is 13.0. The van der Waals surface area contributed by atoms with Crippen LogP contribution in [-0.2, 0) is 0 Å². The van der Waals surface area contributed by atoms with Crippen LogP contribution in [0.2, 0.25) is 0 Å². The monoisotopic (exact) mass is 406 g/mol. The molecule has 1 aromatic rings. The molecule has 1 aromatic heterocycles. The fourth-order valence-corrected chi connectivity index (χ4v) is 2.61. The van der Waals surface area contributed by atoms with Crippen molar-refractivity contribution in [3.8, 4) is 0 Å². The van der Waals surface area contributed by atoms with Crippen LogP contribution < -0.4 is 10.6 Å². The van der Waals surface area contributed by atoms with Gasteiger partial charge in [-0.3, -0.25) is 9.89 Å². The van der Waals surface area contributed by atoms with Gasteiger partial charge in [0, 0.05) is 13.1 Å². The molecule has 1 atom stereocenters. The van der Waals surface area contributed by atoms with Gasteiger partial charge < -0.3 is 15.1 Å². The quantitative estimate of drug-likeness (QED) is 0.433. The highest BCUT2D eigenvalue weighted by molar-refractivity contribution is 14.0. The smallest absolute Gasteiger partial charge is 0.191 e. The van der Waals surface area contributed by atoms with Crippen molar-refractivity contribution in [1.82, 2.24) is 15.5 Å². The first-order chi connectivity index (χ1) is 9.85. The lowest BCUT2D eigenvalue weighted by atomic mass is 10.2. The van der Waals surface area contributed by atoms with E-state index >= 15 is 0 Å². The van der Waals surface area contributed by atoms with Gasteiger partial charge in [-0.2, -0.15) is 0 Å². The number of furan rings is 1. The van der Waals surface area contributed by atoms with E-state index in [2.05, 4.69) is 35.4 Å². The number of guanidine groups is 1. The first-order valence-corrected chi connectivity index (χ1v) is 7.64. The molecule has 1 aliphatic heterocycles. The molecule has 0 aromatic carbocycles. The zero-order valence-corrected chi connectivity index (χ0v) is 15.3. The second kappa shape index (κ2) is 10.0. The molecule has 0 amide bonds. The molecule has 1 saturated heterocycles. The van der Waals surface area contributed by atoms with Crippen molar-refractivity contribution in [1.29, 1.82) is 0 Å². The van der Waals surface area contributed by atoms with Gasteiger partial charge in [0.25, 0.3) is 0 Å². The number of hydrogen-bond donors (Lipinski definition) is 2. The van der Waals surface area contributed by atoms with E-state index in [-0.39, 0.29) is 30.0 Å². The summed E-state index contributed by atoms with van der Waals surface area (Å²) in [6, 6.07) is 4.26. The summed E-state index contributed by atoms with van der Waals surface area (Å²) in [6.45, 7) is 8.91. The van der Waals surface area contributed by atoms with E-state index in [4.69, 9.17) is 9.41 Å². The van der Waals surface area contributed by atoms with Crippen LogP contribution in [0.25, 0.3) is 0 Å². The largest absolute Gasteiger partial charge is 0.468 e. The molecule has 2 heterocycles. The topological polar surface area (TPSA) is 52.8 Å². The van der Waals surface area contributed by atoms with Crippen molar-refractivity contribution in [2.45, 2.75) is 32.7 Å². The maximum atomic E-state index is 5.61. The third-order valence-electron chi connectivity index (χ3n) is 3.56. The van der Waals surface area contributed by atoms with Crippen molar-refractivity contribution >= 4 is 29.9 Å². The number of nitrogens with one attached hydrogen (secondary N) is 2. The lowest BCUT2D eigenvalue weighted by Crippen LogP contribution is -2.38. The Morgan fingerprint density at radius 3 is 2.48 bits per heavy atom. The Kier molecular flexibility index (Phi) is 8.75. The molecule has 1 unspecified atom stereocenters. The van der Waals surface area contributed by atoms with E-state index in [1.54, 1.807) is 6.26 Å². The maximum absolute atomic E-state index is 5.61. The molecule has 2 rings (SSSR count). The number of rotatable bonds is 6. The molecule has 21 heavy (non-hydrogen) atoms. The van der Waals surface area contributed by atoms with Crippen LogP contribution in [0.4, 0.5) is 0 Å². The molecule has 0 saturated carbocycles. The minimum Gasteiger partial charge on any atom is -0.468 e. The van der Waals surface area contributed by atoms with E-state index in [9.17, 15) is 0 Å². The van der Waals surface area contributed by atoms with Crippen LogP contribution in [0.3, 0.4) is 0 Å². The third-order valence-corrected chi connectivity index (χ3v) is 3.56. The Labute approximate surface area is 144 Å². The van der Waals surface area contributed by atoms with Crippen LogP contribution in [0, 0.1) is 0 Å². The van der Waals surface area contributed by atoms with Gasteiger partial charge in [-0.15, -0.1) is 24.0 Å². The first kappa shape index (κ1) is 18.3. The summed E-state index contributed by atoms with van der Waals surface area (Å²) >= 11 is 0. The molecule has 120 valence electrons. The van der Waals surface area contributed by atoms with E-state index in [1.165, 1.54) is 12.8 Å². The van der Waals surface area contributed by atoms with Gasteiger partial charge in [-0.25, -0.2) is 0 Å². The van der Waals surface area contributed by atoms with E-state index in [0.717, 1.165) is 44.4 Å². The summed E-state index contributed by atoms with van der Waals surface area (Å²) in [4.78, 5) is 7.17. The standard InChI is InChI=1S/C15H26N4O.HI/c1-3-16-15(17-4-2)18-12-13(14-8-7-11-20-14)19-9-5-6-10-19;/h7-8,11,13H,3-6,9-10,12H2,1-2H3,(H2,16,17,18);1H. The Hall–Kier alpha value is -0.760. The van der Waals surface area contributed by atoms with Gasteiger partial charge in [0.05, 0.1) is 18.8 Å². The Balaban J connectivity index is 0.00000220. The number of likely N-dealkylation sites (tertiary alicyclic amines) is 1. The van der Waals surface area contributed by atoms with Crippen molar-refractivity contribution in [2.75, 3.05) is 32.7 Å². The number of aliphatic imine (C=N–C) groups is 1. The summed E-state index contributed by atoms with van der Waals surface area (Å²) < 4.78 is 5.61. The SMILES string of the molecule is CCNC(=NCC(c1ccco1)N1CCCC1)NCC.I. The Morgan fingerprint density at radius 1 is 1.29 bits per heavy atom. The van der Waals surface area contributed by atoms with Gasteiger partial charge in [0.1, 0.15) is 5.76 Å². The highest BCUT2D eigenvalue weighted by Crippen LogP contribution is 2.25. The third kappa shape index (κ3) is 5.50. The molecular weight excluding hydrogens is 379 g/mol. The summed E-state index contributed by atoms with van der Waals surface area (Å²) in [5, 5.41) is 6.53. The lowest BCUT2D eigenvalue weighted by molar-refractivity contribution is 0.221. The predicted molar refractivity (Wildman–Crippen MR) is 97.3 cm³/mol. The summed E-state index contributed by atoms with van der Waals surface area (Å²) in [6.07, 6.45) is 4.29. The van der Waals surface area contributed by atoms with E-state index in [0.29, 0.717) is 0 Å². The molecule has 1 fully saturated rings. The molecule has 0 radical (unpaired) electrons. The van der Waals surface area contributed by atoms with Crippen LogP contribution in [0.15, 0.2) is 27.8 Å². The van der Waals surface area contributed by atoms with Gasteiger partial charge in [-0.05, 0) is 51.9 Å². The molecule has 5 nitrogen and oxygen atoms in total. The van der Waals surface area contributed by atoms with E-state index in [1.807, 2.05) is 6.07 Å². The molecule has 2 N–H and O–H groups in total. The van der Waals surface area contributed by atoms with Crippen LogP contribution in [0.1, 0.15) is 38.5 Å². The van der Waals surface area contributed by atoms with Crippen molar-refractivity contribution < 1.29 is 4.42 Å². The van der Waals surface area contributed by atoms with E-state index < -0.39 is 0 Å². The fourth-order valence-electron chi connectivity index (χ4n) is 2.61. The minimum absolute atomic E-state index is 0. The number of nitrogens with zero attached hydrogens (tertiary/aromatic N) is 2. The van der Waals surface area contributed by atoms with Gasteiger partial charge in [-0.1, -0.05) is 0 Å². The maximum Gasteiger partial charge on any atom is 0.191 e. The normalized spacial score (nSPS) is 16.1. The molecule has 6 heteroatoms. The summed E-state index contributed by atoms with van der Waals surface area (Å²) in [5.74, 6) is 1.90. The minimum atomic E-state index is 0. The van der Waals surface area contributed by atoms with Gasteiger partial charge in [0.2, 0.25) is 0 Å². The van der Waals surface area contributed by atoms with Crippen molar-refractivity contribution in [2.24, 2.45) is 4.99 Å². The van der Waals surface area contributed by atoms with Crippen molar-refractivity contribution in [3.63, 3.8) is 0 Å². The second-order valence-corrected chi connectivity index (χ2v) is 5.02. The molecular formula is C15H27IN4O. The molecule has 0 spiro atoms. The Bertz CT molecular complexity index is 394. The lowest BCUT2D eigenvalue weighted by Gasteiger charge is -2.24. The first-order valence-electron chi connectivity index (χ1n) is 7.64. The highest BCUT2D eigenvalue weighted by atomic mass is 127. The molecule has 0 aliphatic carbocycles. The predicted octanol–water partition coefficient (Wildman–Crippen LogP) is 2.61. The number of halogens is 1. The summed E-state index contributed by atoms with van der Waals surface area (Å²) in [5.41, 5.74) is 0. The fraction of sp³-hybridized carbons (Fsp3) is 0.667. The van der Waals surface area contributed by atoms with Gasteiger partial charge in [0.15, 0.2) is 5.96 Å². The van der Waals surface area contributed by atoms with Crippen LogP contribution >= 0.6 is 24.0 Å². The van der Waals surface area contributed by atoms with Crippen LogP contribution in [0.5, 0.6) is 0 Å². The number of hydrogen-bond acceptors (Lipinski definition) is 3. The average Bonchev–Trinajstić information content (AvgIpc) is 3.13. The molecule has 1 aliphatic rings. The highest BCUT2D eigenvalue weighted by Gasteiger charge is 2.25. The van der Waals surface area contributed by atoms with Crippen LogP contribution in [-0.4, -0.2) is 43.6 Å². The Morgan fingerprint density at radius 2 is 1.95 bits per heavy atom. The molecule has 0 bridgehead atoms. The zero-order chi connectivity index (χ0) is 14.2. The second-order valence-electron chi connectivity index (χ2n) is 5.02. The van der Waals surface area contributed by atoms with Crippen molar-refractivity contribution in [3.05, 3.63) is 24.2 Å². The summed E-state index contributed by atoms with van der Waals surface area (Å²) in [7, 11) is 0. The average molecular weight is 406 g/mol. The van der Waals surface area contributed by atoms with Gasteiger partial charge >= 0.3 is 0 Å².